The van der Waals surface area contributed by atoms with Gasteiger partial charge in [-0.3, -0.25) is 14.8 Å². The summed E-state index contributed by atoms with van der Waals surface area (Å²) in [4.78, 5) is 20.6. The molecule has 0 radical (unpaired) electrons. The van der Waals surface area contributed by atoms with E-state index in [1.165, 1.54) is 30.3 Å². The predicted octanol–water partition coefficient (Wildman–Crippen LogP) is 2.09. The number of non-ortho nitro benzene ring substituents is 1. The smallest absolute Gasteiger partial charge is 0.335 e. The lowest BCUT2D eigenvalue weighted by Gasteiger charge is -2.08. The van der Waals surface area contributed by atoms with E-state index in [9.17, 15) is 23.3 Å². The molecule has 22 heavy (non-hydrogen) atoms. The Labute approximate surface area is 125 Å². The first-order valence-corrected chi connectivity index (χ1v) is 7.38. The molecule has 0 saturated heterocycles. The summed E-state index contributed by atoms with van der Waals surface area (Å²) in [6.45, 7) is 0. The highest BCUT2D eigenvalue weighted by Gasteiger charge is 2.16. The monoisotopic (exact) mass is 322 g/mol. The van der Waals surface area contributed by atoms with E-state index in [0.717, 1.165) is 18.2 Å². The third-order valence-electron chi connectivity index (χ3n) is 2.72. The molecule has 0 fully saturated rings. The number of carboxylic acids is 1. The van der Waals surface area contributed by atoms with Crippen LogP contribution in [0.1, 0.15) is 10.4 Å². The van der Waals surface area contributed by atoms with Crippen molar-refractivity contribution < 1.29 is 23.2 Å². The van der Waals surface area contributed by atoms with Gasteiger partial charge >= 0.3 is 5.97 Å². The number of aromatic carboxylic acids is 1. The maximum atomic E-state index is 12.2. The number of hydrogen-bond donors (Lipinski definition) is 2. The Morgan fingerprint density at radius 2 is 1.77 bits per heavy atom. The molecule has 114 valence electrons. The van der Waals surface area contributed by atoms with Crippen molar-refractivity contribution in [2.24, 2.45) is 0 Å². The van der Waals surface area contributed by atoms with Crippen LogP contribution >= 0.6 is 0 Å². The van der Waals surface area contributed by atoms with Gasteiger partial charge in [0.25, 0.3) is 15.7 Å². The zero-order valence-electron chi connectivity index (χ0n) is 11.0. The molecule has 0 bridgehead atoms. The number of nitrogens with one attached hydrogen (secondary N) is 1. The van der Waals surface area contributed by atoms with E-state index in [-0.39, 0.29) is 21.8 Å². The summed E-state index contributed by atoms with van der Waals surface area (Å²) >= 11 is 0. The topological polar surface area (TPSA) is 127 Å². The average molecular weight is 322 g/mol. The highest BCUT2D eigenvalue weighted by atomic mass is 32.2. The Hall–Kier alpha value is -2.94. The van der Waals surface area contributed by atoms with Crippen LogP contribution in [0, 0.1) is 10.1 Å². The van der Waals surface area contributed by atoms with Gasteiger partial charge in [0.15, 0.2) is 0 Å². The van der Waals surface area contributed by atoms with Gasteiger partial charge in [-0.05, 0) is 30.3 Å². The minimum atomic E-state index is -3.99. The van der Waals surface area contributed by atoms with Gasteiger partial charge in [-0.15, -0.1) is 0 Å². The summed E-state index contributed by atoms with van der Waals surface area (Å²) in [5, 5.41) is 19.4. The Morgan fingerprint density at radius 3 is 2.32 bits per heavy atom. The molecule has 0 amide bonds. The molecule has 2 aromatic rings. The molecule has 2 rings (SSSR count). The van der Waals surface area contributed by atoms with E-state index in [1.807, 2.05) is 0 Å². The van der Waals surface area contributed by atoms with E-state index >= 15 is 0 Å². The fourth-order valence-corrected chi connectivity index (χ4v) is 2.77. The van der Waals surface area contributed by atoms with Crippen molar-refractivity contribution in [3.8, 4) is 0 Å². The van der Waals surface area contributed by atoms with Crippen LogP contribution in [0.2, 0.25) is 0 Å². The number of carboxylic acid groups (broad SMARTS) is 1. The van der Waals surface area contributed by atoms with E-state index in [4.69, 9.17) is 5.11 Å². The van der Waals surface area contributed by atoms with Gasteiger partial charge in [0.2, 0.25) is 0 Å². The Kier molecular flexibility index (Phi) is 4.08. The van der Waals surface area contributed by atoms with E-state index in [1.54, 1.807) is 0 Å². The molecular formula is C13H10N2O6S. The van der Waals surface area contributed by atoms with E-state index in [2.05, 4.69) is 4.72 Å². The lowest BCUT2D eigenvalue weighted by molar-refractivity contribution is -0.384. The first-order chi connectivity index (χ1) is 10.3. The molecule has 0 saturated carbocycles. The third kappa shape index (κ3) is 3.38. The molecule has 0 aliphatic rings. The third-order valence-corrected chi connectivity index (χ3v) is 4.10. The number of nitro benzene ring substituents is 1. The number of anilines is 1. The summed E-state index contributed by atoms with van der Waals surface area (Å²) in [6, 6.07) is 9.67. The lowest BCUT2D eigenvalue weighted by atomic mass is 10.2. The van der Waals surface area contributed by atoms with Crippen molar-refractivity contribution in [2.45, 2.75) is 4.90 Å². The maximum Gasteiger partial charge on any atom is 0.335 e. The lowest BCUT2D eigenvalue weighted by Crippen LogP contribution is -2.13. The number of sulfonamides is 1. The maximum absolute atomic E-state index is 12.2. The second-order valence-corrected chi connectivity index (χ2v) is 5.92. The normalized spacial score (nSPS) is 10.9. The number of nitro groups is 1. The second-order valence-electron chi connectivity index (χ2n) is 4.24. The molecule has 9 heteroatoms. The zero-order valence-corrected chi connectivity index (χ0v) is 11.8. The molecule has 2 N–H and O–H groups in total. The van der Waals surface area contributed by atoms with Gasteiger partial charge in [0, 0.05) is 17.8 Å². The zero-order chi connectivity index (χ0) is 16.3. The molecule has 0 aromatic heterocycles. The van der Waals surface area contributed by atoms with Crippen molar-refractivity contribution in [3.63, 3.8) is 0 Å². The molecule has 2 aromatic carbocycles. The molecule has 8 nitrogen and oxygen atoms in total. The van der Waals surface area contributed by atoms with Crippen LogP contribution in [-0.2, 0) is 10.0 Å². The standard InChI is InChI=1S/C13H10N2O6S/c16-13(17)9-2-1-3-12(8-9)22(20,21)14-10-4-6-11(7-5-10)15(18)19/h1-8,14H,(H,16,17). The van der Waals surface area contributed by atoms with Crippen LogP contribution in [-0.4, -0.2) is 24.4 Å². The predicted molar refractivity (Wildman–Crippen MR) is 77.3 cm³/mol. The van der Waals surface area contributed by atoms with Gasteiger partial charge in [-0.2, -0.15) is 0 Å². The van der Waals surface area contributed by atoms with Crippen LogP contribution in [0.3, 0.4) is 0 Å². The number of hydrogen-bond acceptors (Lipinski definition) is 5. The van der Waals surface area contributed by atoms with E-state index in [0.29, 0.717) is 0 Å². The van der Waals surface area contributed by atoms with Crippen molar-refractivity contribution in [3.05, 3.63) is 64.2 Å². The molecule has 0 aliphatic carbocycles. The van der Waals surface area contributed by atoms with E-state index < -0.39 is 20.9 Å². The van der Waals surface area contributed by atoms with Crippen LogP contribution in [0.4, 0.5) is 11.4 Å². The second kappa shape index (κ2) is 5.82. The number of nitrogens with zero attached hydrogens (tertiary/aromatic N) is 1. The van der Waals surface area contributed by atoms with Crippen LogP contribution < -0.4 is 4.72 Å². The first-order valence-electron chi connectivity index (χ1n) is 5.90. The van der Waals surface area contributed by atoms with Crippen molar-refractivity contribution in [2.75, 3.05) is 4.72 Å². The van der Waals surface area contributed by atoms with Crippen molar-refractivity contribution in [1.29, 1.82) is 0 Å². The minimum absolute atomic E-state index is 0.131. The van der Waals surface area contributed by atoms with Gasteiger partial charge in [0.05, 0.1) is 15.4 Å². The Balaban J connectivity index is 2.29. The van der Waals surface area contributed by atoms with Crippen LogP contribution in [0.25, 0.3) is 0 Å². The Bertz CT molecular complexity index is 830. The van der Waals surface area contributed by atoms with Gasteiger partial charge < -0.3 is 5.11 Å². The number of rotatable bonds is 5. The number of carbonyl (C=O) groups is 1. The first kappa shape index (κ1) is 15.4. The Morgan fingerprint density at radius 1 is 1.14 bits per heavy atom. The number of benzene rings is 2. The molecule has 0 spiro atoms. The fourth-order valence-electron chi connectivity index (χ4n) is 1.66. The highest BCUT2D eigenvalue weighted by molar-refractivity contribution is 7.92. The summed E-state index contributed by atoms with van der Waals surface area (Å²) < 4.78 is 26.5. The summed E-state index contributed by atoms with van der Waals surface area (Å²) in [7, 11) is -3.99. The minimum Gasteiger partial charge on any atom is -0.478 e. The average Bonchev–Trinajstić information content (AvgIpc) is 2.47. The molecule has 0 atom stereocenters. The largest absolute Gasteiger partial charge is 0.478 e. The summed E-state index contributed by atoms with van der Waals surface area (Å²) in [6.07, 6.45) is 0. The van der Waals surface area contributed by atoms with Gasteiger partial charge in [0.1, 0.15) is 0 Å². The van der Waals surface area contributed by atoms with Crippen LogP contribution in [0.15, 0.2) is 53.4 Å². The van der Waals surface area contributed by atoms with Gasteiger partial charge in [-0.1, -0.05) is 6.07 Å². The molecule has 0 aliphatic heterocycles. The highest BCUT2D eigenvalue weighted by Crippen LogP contribution is 2.20. The SMILES string of the molecule is O=C(O)c1cccc(S(=O)(=O)Nc2ccc([N+](=O)[O-])cc2)c1. The summed E-state index contributed by atoms with van der Waals surface area (Å²) in [5.41, 5.74) is -0.200. The van der Waals surface area contributed by atoms with Crippen molar-refractivity contribution in [1.82, 2.24) is 0 Å². The molecule has 0 unspecified atom stereocenters. The summed E-state index contributed by atoms with van der Waals surface area (Å²) in [5.74, 6) is -1.24. The quantitative estimate of drug-likeness (QED) is 0.641. The molecule has 0 heterocycles. The van der Waals surface area contributed by atoms with Gasteiger partial charge in [-0.25, -0.2) is 13.2 Å². The van der Waals surface area contributed by atoms with Crippen molar-refractivity contribution >= 4 is 27.4 Å². The van der Waals surface area contributed by atoms with Crippen LogP contribution in [0.5, 0.6) is 0 Å². The molecular weight excluding hydrogens is 312 g/mol. The fraction of sp³-hybridized carbons (Fsp3) is 0.